The first-order valence-corrected chi connectivity index (χ1v) is 6.09. The zero-order valence-corrected chi connectivity index (χ0v) is 11.0. The Morgan fingerprint density at radius 2 is 2.17 bits per heavy atom. The molecule has 102 valence electrons. The second-order valence-electron chi connectivity index (χ2n) is 4.32. The molecule has 0 amide bonds. The molecular formula is C11H20N4O3. The predicted octanol–water partition coefficient (Wildman–Crippen LogP) is 1.54. The molecule has 0 aromatic carbocycles. The van der Waals surface area contributed by atoms with Crippen LogP contribution >= 0.6 is 0 Å². The minimum absolute atomic E-state index is 0.0748. The number of rotatable bonds is 7. The molecule has 0 aliphatic heterocycles. The number of hydrogen-bond donors (Lipinski definition) is 2. The van der Waals surface area contributed by atoms with Gasteiger partial charge < -0.3 is 10.4 Å². The van der Waals surface area contributed by atoms with Crippen LogP contribution in [-0.4, -0.2) is 32.5 Å². The molecule has 1 unspecified atom stereocenters. The average Bonchev–Trinajstić information content (AvgIpc) is 2.69. The number of aliphatic hydroxyl groups excluding tert-OH is 1. The minimum atomic E-state index is -0.526. The summed E-state index contributed by atoms with van der Waals surface area (Å²) >= 11 is 0. The Kier molecular flexibility index (Phi) is 5.08. The van der Waals surface area contributed by atoms with E-state index in [4.69, 9.17) is 0 Å². The maximum absolute atomic E-state index is 10.8. The summed E-state index contributed by atoms with van der Waals surface area (Å²) in [5.74, 6) is 0.396. The second-order valence-corrected chi connectivity index (χ2v) is 4.32. The topological polar surface area (TPSA) is 93.2 Å². The molecule has 1 rings (SSSR count). The van der Waals surface area contributed by atoms with Crippen molar-refractivity contribution < 1.29 is 10.0 Å². The Labute approximate surface area is 106 Å². The number of aryl methyl sites for hydroxylation is 1. The molecule has 18 heavy (non-hydrogen) atoms. The van der Waals surface area contributed by atoms with Crippen molar-refractivity contribution in [1.82, 2.24) is 9.78 Å². The van der Waals surface area contributed by atoms with Gasteiger partial charge in [-0.1, -0.05) is 26.7 Å². The Morgan fingerprint density at radius 3 is 2.67 bits per heavy atom. The van der Waals surface area contributed by atoms with Crippen LogP contribution in [0.2, 0.25) is 0 Å². The third kappa shape index (κ3) is 3.43. The molecule has 0 aliphatic carbocycles. The van der Waals surface area contributed by atoms with Crippen LogP contribution in [0.5, 0.6) is 0 Å². The van der Waals surface area contributed by atoms with Crippen molar-refractivity contribution in [2.45, 2.75) is 32.8 Å². The van der Waals surface area contributed by atoms with Gasteiger partial charge in [0.15, 0.2) is 0 Å². The molecule has 0 radical (unpaired) electrons. The van der Waals surface area contributed by atoms with Crippen LogP contribution in [0.1, 0.15) is 26.7 Å². The number of nitro groups is 1. The van der Waals surface area contributed by atoms with E-state index in [2.05, 4.69) is 10.4 Å². The van der Waals surface area contributed by atoms with E-state index >= 15 is 0 Å². The number of hydrogen-bond acceptors (Lipinski definition) is 5. The van der Waals surface area contributed by atoms with E-state index in [0.717, 1.165) is 12.8 Å². The fourth-order valence-electron chi connectivity index (χ4n) is 1.94. The summed E-state index contributed by atoms with van der Waals surface area (Å²) in [5, 5.41) is 27.5. The van der Waals surface area contributed by atoms with Gasteiger partial charge in [0.25, 0.3) is 0 Å². The fourth-order valence-corrected chi connectivity index (χ4v) is 1.94. The lowest BCUT2D eigenvalue weighted by Crippen LogP contribution is -2.28. The summed E-state index contributed by atoms with van der Waals surface area (Å²) in [6, 6.07) is 0. The molecule has 0 fully saturated rings. The molecule has 0 bridgehead atoms. The van der Waals surface area contributed by atoms with Crippen molar-refractivity contribution in [3.05, 3.63) is 16.3 Å². The summed E-state index contributed by atoms with van der Waals surface area (Å²) in [6.45, 7) is 4.30. The number of aliphatic hydroxyl groups is 1. The summed E-state index contributed by atoms with van der Waals surface area (Å²) in [6.07, 6.45) is 2.57. The normalized spacial score (nSPS) is 12.7. The SMILES string of the molecule is CCC(CC)C(O)CNc1nn(C)cc1[N+](=O)[O-]. The largest absolute Gasteiger partial charge is 0.391 e. The highest BCUT2D eigenvalue weighted by molar-refractivity contribution is 5.54. The molecule has 0 aliphatic rings. The van der Waals surface area contributed by atoms with Gasteiger partial charge in [0.05, 0.1) is 11.0 Å². The van der Waals surface area contributed by atoms with Crippen molar-refractivity contribution in [1.29, 1.82) is 0 Å². The van der Waals surface area contributed by atoms with Gasteiger partial charge in [-0.3, -0.25) is 14.8 Å². The summed E-state index contributed by atoms with van der Waals surface area (Å²) in [5.41, 5.74) is -0.0748. The van der Waals surface area contributed by atoms with Crippen molar-refractivity contribution in [3.8, 4) is 0 Å². The number of nitrogens with zero attached hydrogens (tertiary/aromatic N) is 3. The van der Waals surface area contributed by atoms with Crippen molar-refractivity contribution in [3.63, 3.8) is 0 Å². The van der Waals surface area contributed by atoms with Gasteiger partial charge in [0, 0.05) is 13.6 Å². The number of aromatic nitrogens is 2. The molecule has 0 spiro atoms. The Balaban J connectivity index is 2.65. The monoisotopic (exact) mass is 256 g/mol. The maximum Gasteiger partial charge on any atom is 0.330 e. The molecule has 7 nitrogen and oxygen atoms in total. The average molecular weight is 256 g/mol. The van der Waals surface area contributed by atoms with Gasteiger partial charge in [-0.25, -0.2) is 0 Å². The highest BCUT2D eigenvalue weighted by atomic mass is 16.6. The first kappa shape index (κ1) is 14.4. The third-order valence-electron chi connectivity index (χ3n) is 3.08. The molecule has 1 aromatic rings. The van der Waals surface area contributed by atoms with Crippen molar-refractivity contribution >= 4 is 11.5 Å². The number of nitrogens with one attached hydrogen (secondary N) is 1. The molecule has 2 N–H and O–H groups in total. The van der Waals surface area contributed by atoms with E-state index in [0.29, 0.717) is 0 Å². The lowest BCUT2D eigenvalue weighted by molar-refractivity contribution is -0.384. The van der Waals surface area contributed by atoms with Gasteiger partial charge >= 0.3 is 5.69 Å². The Hall–Kier alpha value is -1.63. The van der Waals surface area contributed by atoms with E-state index in [9.17, 15) is 15.2 Å². The Morgan fingerprint density at radius 1 is 1.56 bits per heavy atom. The fraction of sp³-hybridized carbons (Fsp3) is 0.727. The minimum Gasteiger partial charge on any atom is -0.391 e. The second kappa shape index (κ2) is 6.34. The lowest BCUT2D eigenvalue weighted by Gasteiger charge is -2.19. The highest BCUT2D eigenvalue weighted by Crippen LogP contribution is 2.22. The summed E-state index contributed by atoms with van der Waals surface area (Å²) < 4.78 is 1.38. The van der Waals surface area contributed by atoms with Crippen LogP contribution in [0.15, 0.2) is 6.20 Å². The lowest BCUT2D eigenvalue weighted by atomic mass is 9.97. The third-order valence-corrected chi connectivity index (χ3v) is 3.08. The van der Waals surface area contributed by atoms with E-state index in [1.165, 1.54) is 10.9 Å². The van der Waals surface area contributed by atoms with Crippen LogP contribution in [0.25, 0.3) is 0 Å². The first-order valence-electron chi connectivity index (χ1n) is 6.09. The Bertz CT molecular complexity index is 401. The quantitative estimate of drug-likeness (QED) is 0.570. The van der Waals surface area contributed by atoms with E-state index < -0.39 is 11.0 Å². The van der Waals surface area contributed by atoms with Crippen molar-refractivity contribution in [2.24, 2.45) is 13.0 Å². The van der Waals surface area contributed by atoms with Crippen molar-refractivity contribution in [2.75, 3.05) is 11.9 Å². The molecule has 1 atom stereocenters. The summed E-state index contributed by atoms with van der Waals surface area (Å²) in [4.78, 5) is 10.3. The van der Waals surface area contributed by atoms with E-state index in [1.807, 2.05) is 13.8 Å². The predicted molar refractivity (Wildman–Crippen MR) is 68.4 cm³/mol. The molecule has 0 saturated heterocycles. The molecule has 0 saturated carbocycles. The van der Waals surface area contributed by atoms with Gasteiger partial charge in [-0.05, 0) is 5.92 Å². The van der Waals surface area contributed by atoms with Crippen LogP contribution in [0.3, 0.4) is 0 Å². The molecule has 7 heteroatoms. The van der Waals surface area contributed by atoms with Crippen LogP contribution in [-0.2, 0) is 7.05 Å². The zero-order chi connectivity index (χ0) is 13.7. The van der Waals surface area contributed by atoms with Crippen LogP contribution in [0, 0.1) is 16.0 Å². The zero-order valence-electron chi connectivity index (χ0n) is 11.0. The standard InChI is InChI=1S/C11H20N4O3/c1-4-8(5-2)10(16)6-12-11-9(15(17)18)7-14(3)13-11/h7-8,10,16H,4-6H2,1-3H3,(H,12,13). The van der Waals surface area contributed by atoms with Crippen LogP contribution in [0.4, 0.5) is 11.5 Å². The maximum atomic E-state index is 10.8. The molecule has 1 heterocycles. The van der Waals surface area contributed by atoms with Gasteiger partial charge in [0.1, 0.15) is 6.20 Å². The smallest absolute Gasteiger partial charge is 0.330 e. The van der Waals surface area contributed by atoms with Crippen LogP contribution < -0.4 is 5.32 Å². The van der Waals surface area contributed by atoms with E-state index in [1.54, 1.807) is 7.05 Å². The van der Waals surface area contributed by atoms with E-state index in [-0.39, 0.29) is 24.0 Å². The van der Waals surface area contributed by atoms with Gasteiger partial charge in [0.2, 0.25) is 5.82 Å². The number of anilines is 1. The summed E-state index contributed by atoms with van der Waals surface area (Å²) in [7, 11) is 1.62. The van der Waals surface area contributed by atoms with Gasteiger partial charge in [-0.15, -0.1) is 5.10 Å². The van der Waals surface area contributed by atoms with Gasteiger partial charge in [-0.2, -0.15) is 0 Å². The molecular weight excluding hydrogens is 236 g/mol. The highest BCUT2D eigenvalue weighted by Gasteiger charge is 2.21. The molecule has 1 aromatic heterocycles. The first-order chi connectivity index (χ1) is 8.49.